The fourth-order valence-corrected chi connectivity index (χ4v) is 1.63. The van der Waals surface area contributed by atoms with Gasteiger partial charge in [0.05, 0.1) is 6.61 Å². The van der Waals surface area contributed by atoms with Crippen LogP contribution < -0.4 is 0 Å². The van der Waals surface area contributed by atoms with Crippen LogP contribution in [0.25, 0.3) is 0 Å². The van der Waals surface area contributed by atoms with E-state index in [9.17, 15) is 0 Å². The second kappa shape index (κ2) is 11.0. The average Bonchev–Trinajstić information content (AvgIpc) is 2.17. The molecule has 0 rings (SSSR count). The van der Waals surface area contributed by atoms with Crippen LogP contribution in [0.15, 0.2) is 0 Å². The predicted molar refractivity (Wildman–Crippen MR) is 66.8 cm³/mol. The van der Waals surface area contributed by atoms with Crippen molar-refractivity contribution in [3.63, 3.8) is 0 Å². The lowest BCUT2D eigenvalue weighted by molar-refractivity contribution is 0.291. The summed E-state index contributed by atoms with van der Waals surface area (Å²) < 4.78 is 5.42. The highest BCUT2D eigenvalue weighted by Crippen LogP contribution is 2.05. The number of ether oxygens (including phenoxy) is 1. The highest BCUT2D eigenvalue weighted by molar-refractivity contribution is 7.80. The van der Waals surface area contributed by atoms with E-state index in [1.165, 1.54) is 32.1 Å². The van der Waals surface area contributed by atoms with Gasteiger partial charge in [0.15, 0.2) is 5.05 Å². The maximum atomic E-state index is 5.42. The van der Waals surface area contributed by atoms with Gasteiger partial charge < -0.3 is 4.74 Å². The predicted octanol–water partition coefficient (Wildman–Crippen LogP) is 4.49. The van der Waals surface area contributed by atoms with Gasteiger partial charge in [0, 0.05) is 6.42 Å². The summed E-state index contributed by atoms with van der Waals surface area (Å²) in [4.78, 5) is 0. The van der Waals surface area contributed by atoms with Crippen LogP contribution in [0.4, 0.5) is 0 Å². The van der Waals surface area contributed by atoms with Crippen LogP contribution >= 0.6 is 12.2 Å². The molecule has 0 unspecified atom stereocenters. The van der Waals surface area contributed by atoms with Crippen molar-refractivity contribution in [1.29, 1.82) is 0 Å². The van der Waals surface area contributed by atoms with E-state index in [1.54, 1.807) is 0 Å². The van der Waals surface area contributed by atoms with Crippen molar-refractivity contribution in [3.8, 4) is 0 Å². The summed E-state index contributed by atoms with van der Waals surface area (Å²) in [7, 11) is 0. The topological polar surface area (TPSA) is 9.23 Å². The summed E-state index contributed by atoms with van der Waals surface area (Å²) in [5, 5.41) is 0.793. The van der Waals surface area contributed by atoms with Crippen LogP contribution in [-0.4, -0.2) is 11.7 Å². The van der Waals surface area contributed by atoms with Crippen molar-refractivity contribution in [2.45, 2.75) is 65.2 Å². The van der Waals surface area contributed by atoms with E-state index in [2.05, 4.69) is 13.8 Å². The van der Waals surface area contributed by atoms with Crippen LogP contribution in [0.3, 0.4) is 0 Å². The summed E-state index contributed by atoms with van der Waals surface area (Å²) in [5.74, 6) is 0. The summed E-state index contributed by atoms with van der Waals surface area (Å²) >= 11 is 5.05. The summed E-state index contributed by atoms with van der Waals surface area (Å²) in [5.41, 5.74) is 0. The normalized spacial score (nSPS) is 10.1. The zero-order valence-corrected chi connectivity index (χ0v) is 10.5. The molecular formula is C12H24OS. The highest BCUT2D eigenvalue weighted by atomic mass is 32.1. The van der Waals surface area contributed by atoms with Gasteiger partial charge in [0.2, 0.25) is 0 Å². The molecule has 84 valence electrons. The van der Waals surface area contributed by atoms with Crippen molar-refractivity contribution >= 4 is 17.3 Å². The summed E-state index contributed by atoms with van der Waals surface area (Å²) in [6, 6.07) is 0. The Hall–Kier alpha value is -0.110. The largest absolute Gasteiger partial charge is 0.487 e. The Labute approximate surface area is 94.2 Å². The summed E-state index contributed by atoms with van der Waals surface area (Å²) in [6.45, 7) is 5.19. The molecule has 0 bridgehead atoms. The molecule has 0 radical (unpaired) electrons. The minimum absolute atomic E-state index is 0.793. The van der Waals surface area contributed by atoms with E-state index < -0.39 is 0 Å². The van der Waals surface area contributed by atoms with Crippen LogP contribution in [0.2, 0.25) is 0 Å². The first kappa shape index (κ1) is 13.9. The van der Waals surface area contributed by atoms with Gasteiger partial charge in [-0.2, -0.15) is 0 Å². The Morgan fingerprint density at radius 1 is 0.929 bits per heavy atom. The van der Waals surface area contributed by atoms with E-state index in [4.69, 9.17) is 17.0 Å². The van der Waals surface area contributed by atoms with Gasteiger partial charge in [-0.1, -0.05) is 46.0 Å². The van der Waals surface area contributed by atoms with Crippen LogP contribution in [-0.2, 0) is 4.74 Å². The van der Waals surface area contributed by atoms with Gasteiger partial charge in [0.1, 0.15) is 0 Å². The van der Waals surface area contributed by atoms with Crippen molar-refractivity contribution in [1.82, 2.24) is 0 Å². The number of unbranched alkanes of at least 4 members (excludes halogenated alkanes) is 5. The molecule has 2 heteroatoms. The molecule has 0 heterocycles. The average molecular weight is 216 g/mol. The van der Waals surface area contributed by atoms with E-state index in [0.29, 0.717) is 0 Å². The van der Waals surface area contributed by atoms with E-state index >= 15 is 0 Å². The Kier molecular flexibility index (Phi) is 10.9. The minimum atomic E-state index is 0.793. The Morgan fingerprint density at radius 2 is 1.57 bits per heavy atom. The zero-order valence-electron chi connectivity index (χ0n) is 9.68. The van der Waals surface area contributed by atoms with Gasteiger partial charge in [-0.15, -0.1) is 0 Å². The third-order valence-corrected chi connectivity index (χ3v) is 2.54. The van der Waals surface area contributed by atoms with Crippen molar-refractivity contribution < 1.29 is 4.74 Å². The molecule has 0 aromatic heterocycles. The van der Waals surface area contributed by atoms with Crippen molar-refractivity contribution in [2.75, 3.05) is 6.61 Å². The molecule has 0 aliphatic heterocycles. The molecule has 0 saturated carbocycles. The Morgan fingerprint density at radius 3 is 2.21 bits per heavy atom. The maximum Gasteiger partial charge on any atom is 0.159 e. The van der Waals surface area contributed by atoms with Crippen LogP contribution in [0.5, 0.6) is 0 Å². The van der Waals surface area contributed by atoms with Gasteiger partial charge in [-0.05, 0) is 25.1 Å². The van der Waals surface area contributed by atoms with E-state index in [-0.39, 0.29) is 0 Å². The first-order valence-electron chi connectivity index (χ1n) is 5.96. The van der Waals surface area contributed by atoms with Gasteiger partial charge in [0.25, 0.3) is 0 Å². The van der Waals surface area contributed by atoms with Crippen molar-refractivity contribution in [3.05, 3.63) is 0 Å². The molecule has 0 N–H and O–H groups in total. The molecule has 0 spiro atoms. The van der Waals surface area contributed by atoms with Gasteiger partial charge >= 0.3 is 0 Å². The van der Waals surface area contributed by atoms with Crippen LogP contribution in [0.1, 0.15) is 65.2 Å². The zero-order chi connectivity index (χ0) is 10.6. The quantitative estimate of drug-likeness (QED) is 0.415. The lowest BCUT2D eigenvalue weighted by Crippen LogP contribution is -2.02. The SMILES string of the molecule is CCCCCCCCOC(=S)CCC. The van der Waals surface area contributed by atoms with Gasteiger partial charge in [-0.25, -0.2) is 0 Å². The lowest BCUT2D eigenvalue weighted by atomic mass is 10.1. The number of rotatable bonds is 9. The molecule has 0 saturated heterocycles. The third kappa shape index (κ3) is 9.97. The van der Waals surface area contributed by atoms with E-state index in [0.717, 1.165) is 30.9 Å². The van der Waals surface area contributed by atoms with Crippen molar-refractivity contribution in [2.24, 2.45) is 0 Å². The first-order chi connectivity index (χ1) is 6.81. The molecule has 0 aliphatic carbocycles. The summed E-state index contributed by atoms with van der Waals surface area (Å²) in [6.07, 6.45) is 9.88. The number of thiocarbonyl (C=S) groups is 1. The molecule has 14 heavy (non-hydrogen) atoms. The minimum Gasteiger partial charge on any atom is -0.487 e. The van der Waals surface area contributed by atoms with E-state index in [1.807, 2.05) is 0 Å². The molecule has 0 aromatic rings. The molecule has 0 aromatic carbocycles. The Balaban J connectivity index is 3.01. The van der Waals surface area contributed by atoms with Crippen LogP contribution in [0, 0.1) is 0 Å². The molecule has 0 aliphatic rings. The fourth-order valence-electron chi connectivity index (χ4n) is 1.34. The standard InChI is InChI=1S/C12H24OS/c1-3-5-6-7-8-9-11-13-12(14)10-4-2/h3-11H2,1-2H3. The lowest BCUT2D eigenvalue weighted by Gasteiger charge is -2.05. The highest BCUT2D eigenvalue weighted by Gasteiger charge is 1.95. The smallest absolute Gasteiger partial charge is 0.159 e. The number of hydrogen-bond donors (Lipinski definition) is 0. The van der Waals surface area contributed by atoms with Gasteiger partial charge in [-0.3, -0.25) is 0 Å². The molecule has 1 nitrogen and oxygen atoms in total. The maximum absolute atomic E-state index is 5.42. The fraction of sp³-hybridized carbons (Fsp3) is 0.917. The second-order valence-electron chi connectivity index (χ2n) is 3.74. The molecule has 0 fully saturated rings. The number of hydrogen-bond acceptors (Lipinski definition) is 2. The molecule has 0 atom stereocenters. The third-order valence-electron chi connectivity index (χ3n) is 2.22. The Bertz CT molecular complexity index is 134. The second-order valence-corrected chi connectivity index (χ2v) is 4.19. The molecular weight excluding hydrogens is 192 g/mol. The molecule has 0 amide bonds. The monoisotopic (exact) mass is 216 g/mol. The first-order valence-corrected chi connectivity index (χ1v) is 6.37.